The molecule has 0 saturated carbocycles. The van der Waals surface area contributed by atoms with Crippen LogP contribution in [0.1, 0.15) is 349 Å². The molecule has 2 unspecified atom stereocenters. The molecule has 0 radical (unpaired) electrons. The van der Waals surface area contributed by atoms with Crippen molar-refractivity contribution in [3.8, 4) is 0 Å². The Bertz CT molecular complexity index is 1040. The molecule has 0 rings (SSSR count). The minimum atomic E-state index is -0.233. The van der Waals surface area contributed by atoms with Crippen LogP contribution in [0, 0.1) is 0 Å². The highest BCUT2D eigenvalue weighted by Crippen LogP contribution is 2.21. The number of esters is 4. The van der Waals surface area contributed by atoms with Gasteiger partial charge in [-0.1, -0.05) is 246 Å². The van der Waals surface area contributed by atoms with Crippen molar-refractivity contribution in [3.63, 3.8) is 0 Å². The zero-order valence-corrected chi connectivity index (χ0v) is 47.2. The Labute approximate surface area is 434 Å². The molecule has 0 aromatic rings. The van der Waals surface area contributed by atoms with E-state index in [2.05, 4.69) is 27.7 Å². The average Bonchev–Trinajstić information content (AvgIpc) is 3.35. The van der Waals surface area contributed by atoms with E-state index >= 15 is 0 Å². The SMILES string of the molecule is CCCCCCCCCCCC(=O)OC(CCCCCCCCC)CCCCCCCC(=O)OCCOC(=O)CCCCCCCC(CCCCCCCCC)OC(=O)CCCCCCCCCCC. The van der Waals surface area contributed by atoms with Crippen LogP contribution in [0.5, 0.6) is 0 Å². The van der Waals surface area contributed by atoms with E-state index in [0.717, 1.165) is 128 Å². The van der Waals surface area contributed by atoms with E-state index in [9.17, 15) is 19.2 Å². The van der Waals surface area contributed by atoms with Crippen molar-refractivity contribution in [2.75, 3.05) is 13.2 Å². The molecule has 0 saturated heterocycles. The predicted octanol–water partition coefficient (Wildman–Crippen LogP) is 19.5. The maximum absolute atomic E-state index is 12.8. The molecule has 0 fully saturated rings. The molecule has 2 atom stereocenters. The van der Waals surface area contributed by atoms with Crippen LogP contribution in [-0.4, -0.2) is 49.3 Å². The lowest BCUT2D eigenvalue weighted by Crippen LogP contribution is -2.18. The molecule has 0 aliphatic heterocycles. The predicted molar refractivity (Wildman–Crippen MR) is 295 cm³/mol. The molecule has 70 heavy (non-hydrogen) atoms. The maximum atomic E-state index is 12.8. The largest absolute Gasteiger partial charge is 0.462 e. The van der Waals surface area contributed by atoms with Crippen molar-refractivity contribution in [1.29, 1.82) is 0 Å². The van der Waals surface area contributed by atoms with Crippen LogP contribution >= 0.6 is 0 Å². The van der Waals surface area contributed by atoms with E-state index in [1.165, 1.54) is 167 Å². The lowest BCUT2D eigenvalue weighted by Gasteiger charge is -2.18. The van der Waals surface area contributed by atoms with Gasteiger partial charge in [0, 0.05) is 25.7 Å². The van der Waals surface area contributed by atoms with Gasteiger partial charge < -0.3 is 18.9 Å². The summed E-state index contributed by atoms with van der Waals surface area (Å²) in [5.74, 6) is -0.494. The second-order valence-corrected chi connectivity index (χ2v) is 21.3. The molecule has 0 aromatic carbocycles. The van der Waals surface area contributed by atoms with Crippen molar-refractivity contribution in [3.05, 3.63) is 0 Å². The monoisotopic (exact) mass is 991 g/mol. The zero-order valence-electron chi connectivity index (χ0n) is 47.2. The first-order valence-corrected chi connectivity index (χ1v) is 31.1. The topological polar surface area (TPSA) is 105 Å². The number of unbranched alkanes of at least 4 members (excludes halogenated alkanes) is 36. The fourth-order valence-corrected chi connectivity index (χ4v) is 9.63. The van der Waals surface area contributed by atoms with Crippen molar-refractivity contribution in [2.24, 2.45) is 0 Å². The van der Waals surface area contributed by atoms with Crippen LogP contribution in [0.25, 0.3) is 0 Å². The first-order valence-electron chi connectivity index (χ1n) is 31.1. The second kappa shape index (κ2) is 56.2. The van der Waals surface area contributed by atoms with Crippen molar-refractivity contribution in [2.45, 2.75) is 361 Å². The van der Waals surface area contributed by atoms with Crippen molar-refractivity contribution < 1.29 is 38.1 Å². The molecule has 0 aliphatic carbocycles. The first kappa shape index (κ1) is 67.9. The van der Waals surface area contributed by atoms with Crippen LogP contribution in [-0.2, 0) is 38.1 Å². The Morgan fingerprint density at radius 3 is 0.657 bits per heavy atom. The number of hydrogen-bond acceptors (Lipinski definition) is 8. The Morgan fingerprint density at radius 2 is 0.429 bits per heavy atom. The fourth-order valence-electron chi connectivity index (χ4n) is 9.63. The van der Waals surface area contributed by atoms with Crippen LogP contribution in [0.3, 0.4) is 0 Å². The van der Waals surface area contributed by atoms with E-state index in [1.807, 2.05) is 0 Å². The molecule has 0 heterocycles. The van der Waals surface area contributed by atoms with Gasteiger partial charge in [-0.05, 0) is 77.0 Å². The van der Waals surface area contributed by atoms with Crippen LogP contribution < -0.4 is 0 Å². The smallest absolute Gasteiger partial charge is 0.306 e. The summed E-state index contributed by atoms with van der Waals surface area (Å²) in [6.45, 7) is 9.23. The van der Waals surface area contributed by atoms with E-state index in [1.54, 1.807) is 0 Å². The minimum Gasteiger partial charge on any atom is -0.462 e. The summed E-state index contributed by atoms with van der Waals surface area (Å²) in [7, 11) is 0. The highest BCUT2D eigenvalue weighted by molar-refractivity contribution is 5.70. The fraction of sp³-hybridized carbons (Fsp3) is 0.935. The van der Waals surface area contributed by atoms with E-state index in [0.29, 0.717) is 25.7 Å². The number of ether oxygens (including phenoxy) is 4. The summed E-state index contributed by atoms with van der Waals surface area (Å²) in [5.41, 5.74) is 0. The van der Waals surface area contributed by atoms with Gasteiger partial charge in [0.15, 0.2) is 0 Å². The molecule has 8 nitrogen and oxygen atoms in total. The molecule has 0 aromatic heterocycles. The lowest BCUT2D eigenvalue weighted by molar-refractivity contribution is -0.152. The van der Waals surface area contributed by atoms with E-state index in [4.69, 9.17) is 18.9 Å². The third-order valence-corrected chi connectivity index (χ3v) is 14.2. The van der Waals surface area contributed by atoms with Gasteiger partial charge in [-0.15, -0.1) is 0 Å². The Morgan fingerprint density at radius 1 is 0.243 bits per heavy atom. The van der Waals surface area contributed by atoms with E-state index < -0.39 is 0 Å². The number of carbonyl (C=O) groups is 4. The summed E-state index contributed by atoms with van der Waals surface area (Å²) in [6.07, 6.45) is 55.7. The Balaban J connectivity index is 4.20. The number of rotatable bonds is 57. The van der Waals surface area contributed by atoms with Crippen molar-refractivity contribution >= 4 is 23.9 Å². The molecule has 8 heteroatoms. The summed E-state index contributed by atoms with van der Waals surface area (Å²) in [6, 6.07) is 0. The highest BCUT2D eigenvalue weighted by Gasteiger charge is 2.16. The maximum Gasteiger partial charge on any atom is 0.306 e. The molecular weight excluding hydrogens is 873 g/mol. The highest BCUT2D eigenvalue weighted by atomic mass is 16.6. The molecular formula is C62H118O8. The van der Waals surface area contributed by atoms with Crippen molar-refractivity contribution in [1.82, 2.24) is 0 Å². The molecule has 0 amide bonds. The van der Waals surface area contributed by atoms with Gasteiger partial charge in [0.05, 0.1) is 0 Å². The molecule has 0 N–H and O–H groups in total. The normalized spacial score (nSPS) is 12.2. The summed E-state index contributed by atoms with van der Waals surface area (Å²) < 4.78 is 22.8. The van der Waals surface area contributed by atoms with Gasteiger partial charge in [0.25, 0.3) is 0 Å². The second-order valence-electron chi connectivity index (χ2n) is 21.3. The van der Waals surface area contributed by atoms with Gasteiger partial charge >= 0.3 is 23.9 Å². The average molecular weight is 992 g/mol. The standard InChI is InChI=1S/C62H118O8/c1-5-9-13-17-21-23-27-35-45-53-61(65)69-57(47-39-31-25-19-15-11-7-3)49-41-33-29-37-43-51-59(63)67-55-56-68-60(64)52-44-38-30-34-42-50-58(48-40-32-26-20-16-12-8-4)70-62(66)54-46-36-28-24-22-18-14-10-6-2/h57-58H,5-56H2,1-4H3. The van der Waals surface area contributed by atoms with Gasteiger partial charge in [0.2, 0.25) is 0 Å². The summed E-state index contributed by atoms with van der Waals surface area (Å²) >= 11 is 0. The first-order chi connectivity index (χ1) is 34.4. The third kappa shape index (κ3) is 52.2. The van der Waals surface area contributed by atoms with Crippen LogP contribution in [0.2, 0.25) is 0 Å². The molecule has 414 valence electrons. The molecule has 0 spiro atoms. The van der Waals surface area contributed by atoms with Gasteiger partial charge in [-0.25, -0.2) is 0 Å². The summed E-state index contributed by atoms with van der Waals surface area (Å²) in [4.78, 5) is 50.1. The van der Waals surface area contributed by atoms with Gasteiger partial charge in [-0.3, -0.25) is 19.2 Å². The quantitative estimate of drug-likeness (QED) is 0.0337. The zero-order chi connectivity index (χ0) is 51.1. The third-order valence-electron chi connectivity index (χ3n) is 14.2. The van der Waals surface area contributed by atoms with Crippen LogP contribution in [0.15, 0.2) is 0 Å². The molecule has 0 aliphatic rings. The lowest BCUT2D eigenvalue weighted by atomic mass is 10.0. The minimum absolute atomic E-state index is 0.0137. The van der Waals surface area contributed by atoms with Gasteiger partial charge in [0.1, 0.15) is 25.4 Å². The Kier molecular flexibility index (Phi) is 54.5. The summed E-state index contributed by atoms with van der Waals surface area (Å²) in [5, 5.41) is 0. The van der Waals surface area contributed by atoms with Crippen LogP contribution in [0.4, 0.5) is 0 Å². The Hall–Kier alpha value is -2.12. The number of carbonyl (C=O) groups excluding carboxylic acids is 4. The van der Waals surface area contributed by atoms with Gasteiger partial charge in [-0.2, -0.15) is 0 Å². The number of hydrogen-bond donors (Lipinski definition) is 0. The molecule has 0 bridgehead atoms. The van der Waals surface area contributed by atoms with E-state index in [-0.39, 0.29) is 49.3 Å².